The Morgan fingerprint density at radius 3 is 2.35 bits per heavy atom. The van der Waals surface area contributed by atoms with Gasteiger partial charge in [-0.05, 0) is 23.3 Å². The van der Waals surface area contributed by atoms with Crippen LogP contribution in [0.4, 0.5) is 14.9 Å². The number of carbonyl (C=O) groups excluding carboxylic acids is 1. The molecule has 1 N–H and O–H groups in total. The monoisotopic (exact) mass is 273 g/mol. The average molecular weight is 273 g/mol. The van der Waals surface area contributed by atoms with Crippen molar-refractivity contribution in [3.05, 3.63) is 65.7 Å². The number of aryl methyl sites for hydroxylation is 1. The van der Waals surface area contributed by atoms with Crippen LogP contribution in [0, 0.1) is 0 Å². The fourth-order valence-electron chi connectivity index (χ4n) is 1.74. The molecular weight excluding hydrogens is 257 g/mol. The zero-order valence-corrected chi connectivity index (χ0v) is 11.0. The van der Waals surface area contributed by atoms with E-state index in [9.17, 15) is 9.18 Å². The lowest BCUT2D eigenvalue weighted by Gasteiger charge is -2.07. The molecule has 2 aromatic rings. The van der Waals surface area contributed by atoms with Crippen LogP contribution in [0.15, 0.2) is 54.6 Å². The van der Waals surface area contributed by atoms with E-state index in [0.29, 0.717) is 12.1 Å². The van der Waals surface area contributed by atoms with Gasteiger partial charge in [0.1, 0.15) is 6.61 Å². The van der Waals surface area contributed by atoms with Crippen molar-refractivity contribution in [3.8, 4) is 0 Å². The highest BCUT2D eigenvalue weighted by Gasteiger charge is 2.03. The third-order valence-electron chi connectivity index (χ3n) is 2.80. The van der Waals surface area contributed by atoms with Crippen LogP contribution in [0.1, 0.15) is 11.1 Å². The summed E-state index contributed by atoms with van der Waals surface area (Å²) >= 11 is 0. The van der Waals surface area contributed by atoms with Gasteiger partial charge in [-0.25, -0.2) is 4.79 Å². The molecule has 0 aliphatic carbocycles. The maximum absolute atomic E-state index is 12.2. The molecule has 0 atom stereocenters. The van der Waals surface area contributed by atoms with E-state index in [1.54, 1.807) is 24.3 Å². The van der Waals surface area contributed by atoms with Gasteiger partial charge >= 0.3 is 6.09 Å². The molecule has 1 amide bonds. The summed E-state index contributed by atoms with van der Waals surface area (Å²) in [6.45, 7) is -0.154. The summed E-state index contributed by atoms with van der Waals surface area (Å²) in [5.74, 6) is 0. The van der Waals surface area contributed by atoms with Crippen molar-refractivity contribution >= 4 is 11.8 Å². The largest absolute Gasteiger partial charge is 0.444 e. The molecule has 0 spiro atoms. The number of anilines is 1. The van der Waals surface area contributed by atoms with E-state index in [2.05, 4.69) is 5.32 Å². The first-order valence-electron chi connectivity index (χ1n) is 6.40. The van der Waals surface area contributed by atoms with Crippen LogP contribution in [0.25, 0.3) is 0 Å². The van der Waals surface area contributed by atoms with Gasteiger partial charge in [0, 0.05) is 12.1 Å². The number of ether oxygens (including phenoxy) is 1. The van der Waals surface area contributed by atoms with E-state index in [0.717, 1.165) is 11.1 Å². The Hall–Kier alpha value is -2.36. The second kappa shape index (κ2) is 7.28. The van der Waals surface area contributed by atoms with E-state index in [1.807, 2.05) is 30.3 Å². The number of hydrogen-bond donors (Lipinski definition) is 1. The van der Waals surface area contributed by atoms with Crippen LogP contribution in [0.5, 0.6) is 0 Å². The first-order chi connectivity index (χ1) is 9.78. The van der Waals surface area contributed by atoms with Gasteiger partial charge in [-0.2, -0.15) is 0 Å². The van der Waals surface area contributed by atoms with Crippen LogP contribution in [-0.2, 0) is 17.8 Å². The maximum Gasteiger partial charge on any atom is 0.411 e. The molecule has 2 aromatic carbocycles. The molecule has 0 unspecified atom stereocenters. The normalized spacial score (nSPS) is 10.1. The summed E-state index contributed by atoms with van der Waals surface area (Å²) in [7, 11) is 0. The van der Waals surface area contributed by atoms with Crippen LogP contribution in [-0.4, -0.2) is 12.8 Å². The van der Waals surface area contributed by atoms with Crippen molar-refractivity contribution in [2.24, 2.45) is 0 Å². The molecule has 2 rings (SSSR count). The third-order valence-corrected chi connectivity index (χ3v) is 2.80. The predicted octanol–water partition coefficient (Wildman–Crippen LogP) is 3.95. The Labute approximate surface area is 117 Å². The number of benzene rings is 2. The second-order valence-corrected chi connectivity index (χ2v) is 4.32. The second-order valence-electron chi connectivity index (χ2n) is 4.32. The number of amides is 1. The summed E-state index contributed by atoms with van der Waals surface area (Å²) in [4.78, 5) is 11.6. The molecular formula is C16H16FNO2. The minimum atomic E-state index is -0.507. The van der Waals surface area contributed by atoms with E-state index in [-0.39, 0.29) is 13.3 Å². The van der Waals surface area contributed by atoms with Gasteiger partial charge in [0.05, 0.1) is 6.67 Å². The van der Waals surface area contributed by atoms with Crippen molar-refractivity contribution in [2.75, 3.05) is 12.0 Å². The highest BCUT2D eigenvalue weighted by molar-refractivity contribution is 5.84. The summed E-state index contributed by atoms with van der Waals surface area (Å²) in [5.41, 5.74) is 2.46. The molecule has 3 nitrogen and oxygen atoms in total. The molecule has 0 fully saturated rings. The third kappa shape index (κ3) is 4.39. The standard InChI is InChI=1S/C16H16FNO2/c17-11-10-13-6-8-15(9-7-13)18-16(19)20-12-14-4-2-1-3-5-14/h1-9H,10-12H2,(H,18,19). The molecule has 0 heterocycles. The number of rotatable bonds is 5. The summed E-state index contributed by atoms with van der Waals surface area (Å²) < 4.78 is 17.3. The predicted molar refractivity (Wildman–Crippen MR) is 76.4 cm³/mol. The molecule has 0 saturated heterocycles. The summed E-state index contributed by atoms with van der Waals surface area (Å²) in [6.07, 6.45) is -0.120. The minimum absolute atomic E-state index is 0.229. The summed E-state index contributed by atoms with van der Waals surface area (Å²) in [5, 5.41) is 2.63. The first-order valence-corrected chi connectivity index (χ1v) is 6.40. The molecule has 20 heavy (non-hydrogen) atoms. The van der Waals surface area contributed by atoms with Gasteiger partial charge in [0.2, 0.25) is 0 Å². The number of halogens is 1. The fraction of sp³-hybridized carbons (Fsp3) is 0.188. The van der Waals surface area contributed by atoms with Gasteiger partial charge in [0.15, 0.2) is 0 Å². The lowest BCUT2D eigenvalue weighted by atomic mass is 10.1. The summed E-state index contributed by atoms with van der Waals surface area (Å²) in [6, 6.07) is 16.5. The Morgan fingerprint density at radius 2 is 1.70 bits per heavy atom. The highest BCUT2D eigenvalue weighted by Crippen LogP contribution is 2.11. The number of hydrogen-bond acceptors (Lipinski definition) is 2. The van der Waals surface area contributed by atoms with Crippen LogP contribution in [0.2, 0.25) is 0 Å². The topological polar surface area (TPSA) is 38.3 Å². The molecule has 0 aliphatic heterocycles. The van der Waals surface area contributed by atoms with Gasteiger partial charge < -0.3 is 4.74 Å². The van der Waals surface area contributed by atoms with Crippen LogP contribution in [0.3, 0.4) is 0 Å². The molecule has 0 saturated carbocycles. The average Bonchev–Trinajstić information content (AvgIpc) is 2.49. The highest BCUT2D eigenvalue weighted by atomic mass is 19.1. The molecule has 4 heteroatoms. The zero-order valence-electron chi connectivity index (χ0n) is 11.0. The molecule has 104 valence electrons. The lowest BCUT2D eigenvalue weighted by Crippen LogP contribution is -2.13. The lowest BCUT2D eigenvalue weighted by molar-refractivity contribution is 0.155. The smallest absolute Gasteiger partial charge is 0.411 e. The van der Waals surface area contributed by atoms with Gasteiger partial charge in [-0.15, -0.1) is 0 Å². The van der Waals surface area contributed by atoms with Gasteiger partial charge in [-0.1, -0.05) is 42.5 Å². The minimum Gasteiger partial charge on any atom is -0.444 e. The molecule has 0 aromatic heterocycles. The first kappa shape index (κ1) is 14.1. The van der Waals surface area contributed by atoms with E-state index >= 15 is 0 Å². The van der Waals surface area contributed by atoms with Gasteiger partial charge in [0.25, 0.3) is 0 Å². The number of alkyl halides is 1. The molecule has 0 aliphatic rings. The van der Waals surface area contributed by atoms with Crippen molar-refractivity contribution in [1.29, 1.82) is 0 Å². The Kier molecular flexibility index (Phi) is 5.12. The molecule has 0 bridgehead atoms. The maximum atomic E-state index is 12.2. The van der Waals surface area contributed by atoms with E-state index in [1.165, 1.54) is 0 Å². The number of nitrogens with one attached hydrogen (secondary N) is 1. The van der Waals surface area contributed by atoms with Crippen LogP contribution >= 0.6 is 0 Å². The van der Waals surface area contributed by atoms with E-state index in [4.69, 9.17) is 4.74 Å². The Morgan fingerprint density at radius 1 is 1.00 bits per heavy atom. The van der Waals surface area contributed by atoms with Gasteiger partial charge in [-0.3, -0.25) is 9.71 Å². The van der Waals surface area contributed by atoms with Crippen molar-refractivity contribution in [1.82, 2.24) is 0 Å². The quantitative estimate of drug-likeness (QED) is 0.895. The molecule has 0 radical (unpaired) electrons. The number of carbonyl (C=O) groups is 1. The fourth-order valence-corrected chi connectivity index (χ4v) is 1.74. The zero-order chi connectivity index (χ0) is 14.2. The van der Waals surface area contributed by atoms with Crippen molar-refractivity contribution in [2.45, 2.75) is 13.0 Å². The van der Waals surface area contributed by atoms with Crippen molar-refractivity contribution in [3.63, 3.8) is 0 Å². The Balaban J connectivity index is 1.82. The van der Waals surface area contributed by atoms with Crippen LogP contribution < -0.4 is 5.32 Å². The van der Waals surface area contributed by atoms with E-state index < -0.39 is 6.09 Å². The SMILES string of the molecule is O=C(Nc1ccc(CCF)cc1)OCc1ccccc1. The Bertz CT molecular complexity index is 540. The van der Waals surface area contributed by atoms with Crippen molar-refractivity contribution < 1.29 is 13.9 Å².